The lowest BCUT2D eigenvalue weighted by Gasteiger charge is -2.34. The van der Waals surface area contributed by atoms with Crippen LogP contribution in [0, 0.1) is 0 Å². The predicted octanol–water partition coefficient (Wildman–Crippen LogP) is 1.98. The molecule has 0 saturated heterocycles. The van der Waals surface area contributed by atoms with Crippen LogP contribution in [0.5, 0.6) is 5.75 Å². The Kier molecular flexibility index (Phi) is 5.30. The van der Waals surface area contributed by atoms with Gasteiger partial charge in [0.1, 0.15) is 11.6 Å². The summed E-state index contributed by atoms with van der Waals surface area (Å²) >= 11 is 0. The van der Waals surface area contributed by atoms with Gasteiger partial charge in [-0.1, -0.05) is 12.1 Å². The molecule has 2 amide bonds. The summed E-state index contributed by atoms with van der Waals surface area (Å²) < 4.78 is 7.74. The van der Waals surface area contributed by atoms with Crippen molar-refractivity contribution in [2.45, 2.75) is 45.2 Å². The van der Waals surface area contributed by atoms with E-state index in [1.165, 1.54) is 5.56 Å². The first-order chi connectivity index (χ1) is 13.9. The van der Waals surface area contributed by atoms with Crippen molar-refractivity contribution >= 4 is 11.8 Å². The number of nitrogens with zero attached hydrogens (tertiary/aromatic N) is 4. The Morgan fingerprint density at radius 3 is 2.86 bits per heavy atom. The molecule has 4 rings (SSSR count). The fourth-order valence-electron chi connectivity index (χ4n) is 4.09. The third-order valence-corrected chi connectivity index (χ3v) is 5.76. The molecule has 2 aromatic rings. The van der Waals surface area contributed by atoms with E-state index in [-0.39, 0.29) is 24.3 Å². The van der Waals surface area contributed by atoms with Gasteiger partial charge in [0.15, 0.2) is 0 Å². The van der Waals surface area contributed by atoms with Crippen molar-refractivity contribution in [2.75, 3.05) is 27.2 Å². The largest absolute Gasteiger partial charge is 0.493 e. The van der Waals surface area contributed by atoms with Gasteiger partial charge in [-0.25, -0.2) is 4.98 Å². The number of carbonyl (C=O) groups is 2. The molecule has 0 saturated carbocycles. The highest BCUT2D eigenvalue weighted by molar-refractivity contribution is 5.79. The summed E-state index contributed by atoms with van der Waals surface area (Å²) in [5, 5.41) is 0. The highest BCUT2D eigenvalue weighted by atomic mass is 16.5. The van der Waals surface area contributed by atoms with Crippen LogP contribution in [-0.4, -0.2) is 58.4 Å². The number of aromatic nitrogens is 2. The second kappa shape index (κ2) is 7.89. The molecule has 1 aromatic carbocycles. The van der Waals surface area contributed by atoms with Crippen LogP contribution in [0.1, 0.15) is 42.0 Å². The molecule has 0 aliphatic carbocycles. The summed E-state index contributed by atoms with van der Waals surface area (Å²) in [6.07, 6.45) is 4.63. The van der Waals surface area contributed by atoms with E-state index in [4.69, 9.17) is 4.74 Å². The van der Waals surface area contributed by atoms with E-state index in [9.17, 15) is 9.59 Å². The van der Waals surface area contributed by atoms with Crippen molar-refractivity contribution < 1.29 is 14.3 Å². The van der Waals surface area contributed by atoms with E-state index in [1.54, 1.807) is 19.0 Å². The second-order valence-electron chi connectivity index (χ2n) is 8.08. The number of rotatable bonds is 4. The molecule has 0 radical (unpaired) electrons. The molecule has 2 aliphatic rings. The average molecular weight is 396 g/mol. The molecule has 1 atom stereocenters. The normalized spacial score (nSPS) is 17.9. The molecule has 0 bridgehead atoms. The van der Waals surface area contributed by atoms with Gasteiger partial charge >= 0.3 is 0 Å². The monoisotopic (exact) mass is 396 g/mol. The summed E-state index contributed by atoms with van der Waals surface area (Å²) in [7, 11) is 3.49. The quantitative estimate of drug-likeness (QED) is 0.793. The number of hydrogen-bond acceptors (Lipinski definition) is 4. The third kappa shape index (κ3) is 3.99. The number of imidazole rings is 1. The van der Waals surface area contributed by atoms with E-state index < -0.39 is 0 Å². The molecule has 29 heavy (non-hydrogen) atoms. The predicted molar refractivity (Wildman–Crippen MR) is 109 cm³/mol. The minimum Gasteiger partial charge on any atom is -0.493 e. The maximum atomic E-state index is 13.0. The Morgan fingerprint density at radius 1 is 1.24 bits per heavy atom. The molecule has 0 N–H and O–H groups in total. The lowest BCUT2D eigenvalue weighted by Crippen LogP contribution is -2.41. The molecular formula is C22H28N4O3. The lowest BCUT2D eigenvalue weighted by molar-refractivity contribution is -0.133. The first-order valence-electron chi connectivity index (χ1n) is 10.2. The minimum absolute atomic E-state index is 0.0254. The van der Waals surface area contributed by atoms with Crippen LogP contribution in [0.4, 0.5) is 0 Å². The first-order valence-corrected chi connectivity index (χ1v) is 10.2. The van der Waals surface area contributed by atoms with Crippen molar-refractivity contribution in [3.8, 4) is 5.75 Å². The number of hydrogen-bond donors (Lipinski definition) is 0. The van der Waals surface area contributed by atoms with Gasteiger partial charge in [-0.05, 0) is 37.0 Å². The summed E-state index contributed by atoms with van der Waals surface area (Å²) in [5.41, 5.74) is 2.98. The fourth-order valence-corrected chi connectivity index (χ4v) is 4.09. The van der Waals surface area contributed by atoms with Crippen LogP contribution in [-0.2, 0) is 35.4 Å². The fraction of sp³-hybridized carbons (Fsp3) is 0.500. The van der Waals surface area contributed by atoms with Crippen LogP contribution in [0.3, 0.4) is 0 Å². The topological polar surface area (TPSA) is 67.7 Å². The average Bonchev–Trinajstić information content (AvgIpc) is 3.11. The van der Waals surface area contributed by atoms with Gasteiger partial charge in [0, 0.05) is 33.4 Å². The van der Waals surface area contributed by atoms with Crippen molar-refractivity contribution in [3.63, 3.8) is 0 Å². The van der Waals surface area contributed by atoms with Crippen molar-refractivity contribution in [3.05, 3.63) is 47.0 Å². The van der Waals surface area contributed by atoms with Gasteiger partial charge in [0.25, 0.3) is 0 Å². The van der Waals surface area contributed by atoms with E-state index in [0.29, 0.717) is 19.5 Å². The Bertz CT molecular complexity index is 934. The van der Waals surface area contributed by atoms with E-state index in [2.05, 4.69) is 15.6 Å². The summed E-state index contributed by atoms with van der Waals surface area (Å²) in [6, 6.07) is 5.97. The molecule has 154 valence electrons. The van der Waals surface area contributed by atoms with Crippen molar-refractivity contribution in [1.82, 2.24) is 19.4 Å². The molecule has 3 heterocycles. The van der Waals surface area contributed by atoms with Crippen molar-refractivity contribution in [1.29, 1.82) is 0 Å². The molecular weight excluding hydrogens is 368 g/mol. The van der Waals surface area contributed by atoms with E-state index >= 15 is 0 Å². The van der Waals surface area contributed by atoms with Crippen LogP contribution in [0.25, 0.3) is 0 Å². The third-order valence-electron chi connectivity index (χ3n) is 5.76. The molecule has 0 spiro atoms. The Labute approximate surface area is 171 Å². The molecule has 0 fully saturated rings. The second-order valence-corrected chi connectivity index (χ2v) is 8.08. The molecule has 1 aromatic heterocycles. The zero-order valence-corrected chi connectivity index (χ0v) is 17.4. The maximum absolute atomic E-state index is 13.0. The van der Waals surface area contributed by atoms with Crippen LogP contribution in [0.2, 0.25) is 0 Å². The standard InChI is InChI=1S/C22H28N4O3/c1-15-22-23-18(13-20(27)24(2)3)14-25(22)8-9-26(15)21(28)12-16-6-7-19-17(11-16)5-4-10-29-19/h6-7,11,14-15H,4-5,8-10,12-13H2,1-3H3/t15-/m0/s1. The number of benzene rings is 1. The summed E-state index contributed by atoms with van der Waals surface area (Å²) in [6.45, 7) is 4.13. The van der Waals surface area contributed by atoms with Gasteiger partial charge in [-0.3, -0.25) is 9.59 Å². The summed E-state index contributed by atoms with van der Waals surface area (Å²) in [4.78, 5) is 33.1. The highest BCUT2D eigenvalue weighted by Crippen LogP contribution is 2.28. The molecule has 7 heteroatoms. The summed E-state index contributed by atoms with van der Waals surface area (Å²) in [5.74, 6) is 1.93. The number of amides is 2. The number of ether oxygens (including phenoxy) is 1. The molecule has 7 nitrogen and oxygen atoms in total. The zero-order valence-electron chi connectivity index (χ0n) is 17.4. The van der Waals surface area contributed by atoms with Gasteiger partial charge in [0.05, 0.1) is 31.2 Å². The molecule has 0 unspecified atom stereocenters. The van der Waals surface area contributed by atoms with Crippen molar-refractivity contribution in [2.24, 2.45) is 0 Å². The molecule has 2 aliphatic heterocycles. The maximum Gasteiger partial charge on any atom is 0.228 e. The van der Waals surface area contributed by atoms with Crippen LogP contribution >= 0.6 is 0 Å². The van der Waals surface area contributed by atoms with Gasteiger partial charge in [-0.2, -0.15) is 0 Å². The Morgan fingerprint density at radius 2 is 2.07 bits per heavy atom. The Balaban J connectivity index is 1.46. The number of carbonyl (C=O) groups excluding carboxylic acids is 2. The highest BCUT2D eigenvalue weighted by Gasteiger charge is 2.30. The van der Waals surface area contributed by atoms with E-state index in [0.717, 1.165) is 42.3 Å². The number of likely N-dealkylation sites (N-methyl/N-ethyl adjacent to an activating group) is 1. The Hall–Kier alpha value is -2.83. The lowest BCUT2D eigenvalue weighted by atomic mass is 10.0. The smallest absolute Gasteiger partial charge is 0.228 e. The van der Waals surface area contributed by atoms with Crippen LogP contribution < -0.4 is 4.74 Å². The number of aryl methyl sites for hydroxylation is 1. The van der Waals surface area contributed by atoms with E-state index in [1.807, 2.05) is 30.2 Å². The van der Waals surface area contributed by atoms with Gasteiger partial charge in [0.2, 0.25) is 11.8 Å². The van der Waals surface area contributed by atoms with Crippen LogP contribution in [0.15, 0.2) is 24.4 Å². The first kappa shape index (κ1) is 19.5. The SMILES string of the molecule is C[C@H]1c2nc(CC(=O)N(C)C)cn2CCN1C(=O)Cc1ccc2c(c1)CCCO2. The van der Waals surface area contributed by atoms with Gasteiger partial charge in [-0.15, -0.1) is 0 Å². The zero-order chi connectivity index (χ0) is 20.5. The number of fused-ring (bicyclic) bond motifs is 2. The minimum atomic E-state index is -0.111. The van der Waals surface area contributed by atoms with Gasteiger partial charge < -0.3 is 19.1 Å².